The van der Waals surface area contributed by atoms with Gasteiger partial charge in [0.25, 0.3) is 0 Å². The molecule has 0 saturated heterocycles. The van der Waals surface area contributed by atoms with Crippen LogP contribution in [0.5, 0.6) is 0 Å². The number of nitrogens with one attached hydrogen (secondary N) is 3. The van der Waals surface area contributed by atoms with E-state index < -0.39 is 18.0 Å². The van der Waals surface area contributed by atoms with Crippen LogP contribution in [0.15, 0.2) is 29.4 Å². The van der Waals surface area contributed by atoms with Crippen molar-refractivity contribution < 1.29 is 19.2 Å². The number of anilines is 1. The van der Waals surface area contributed by atoms with Gasteiger partial charge in [-0.1, -0.05) is 31.0 Å². The van der Waals surface area contributed by atoms with Gasteiger partial charge in [-0.05, 0) is 42.7 Å². The van der Waals surface area contributed by atoms with Crippen LogP contribution in [0.4, 0.5) is 5.69 Å². The molecule has 0 spiro atoms. The number of H-pyrrole nitrogens is 1. The lowest BCUT2D eigenvalue weighted by atomic mass is 9.90. The fourth-order valence-corrected chi connectivity index (χ4v) is 5.75. The summed E-state index contributed by atoms with van der Waals surface area (Å²) in [6, 6.07) is 4.35. The van der Waals surface area contributed by atoms with E-state index in [4.69, 9.17) is 0 Å². The van der Waals surface area contributed by atoms with Gasteiger partial charge >= 0.3 is 0 Å². The number of aromatic amines is 1. The van der Waals surface area contributed by atoms with Crippen LogP contribution in [-0.4, -0.2) is 57.3 Å². The summed E-state index contributed by atoms with van der Waals surface area (Å²) in [5.41, 5.74) is 3.29. The molecule has 1 fully saturated rings. The van der Waals surface area contributed by atoms with Crippen molar-refractivity contribution in [2.24, 2.45) is 16.8 Å². The third-order valence-electron chi connectivity index (χ3n) is 7.56. The van der Waals surface area contributed by atoms with Gasteiger partial charge in [0.15, 0.2) is 0 Å². The van der Waals surface area contributed by atoms with Gasteiger partial charge < -0.3 is 10.6 Å². The summed E-state index contributed by atoms with van der Waals surface area (Å²) in [5, 5.41) is 16.0. The molecule has 5 rings (SSSR count). The molecular weight excluding hydrogens is 474 g/mol. The van der Waals surface area contributed by atoms with Crippen LogP contribution >= 0.6 is 0 Å². The van der Waals surface area contributed by atoms with Crippen molar-refractivity contribution in [1.82, 2.24) is 26.0 Å². The first-order valence-corrected chi connectivity index (χ1v) is 12.8. The molecule has 1 saturated carbocycles. The molecule has 0 radical (unpaired) electrons. The van der Waals surface area contributed by atoms with Crippen molar-refractivity contribution >= 4 is 35.5 Å². The van der Waals surface area contributed by atoms with Crippen LogP contribution in [0.25, 0.3) is 0 Å². The highest BCUT2D eigenvalue weighted by Crippen LogP contribution is 2.39. The standard InChI is InChI=1S/C26H31N7O4/c1-15(34)27-14-20(16-5-2-3-6-16)24(35)30-21-10-9-17-7-4-8-18-11-22(33(23(17)18)26(21)37)25(36)28-12-19-13-29-32-31-19/h4,7-8,13-14,16,20-22H,2-3,5-6,9-12H2,1H3,(H,28,36)(H,30,35)(H,29,31,32)/t20?,21-,22?/m0/s1. The van der Waals surface area contributed by atoms with Gasteiger partial charge in [-0.2, -0.15) is 15.4 Å². The Bertz CT molecular complexity index is 1220. The Morgan fingerprint density at radius 2 is 2.00 bits per heavy atom. The van der Waals surface area contributed by atoms with Crippen LogP contribution in [-0.2, 0) is 38.6 Å². The Hall–Kier alpha value is -3.89. The second-order valence-electron chi connectivity index (χ2n) is 10.00. The van der Waals surface area contributed by atoms with Crippen LogP contribution in [0.2, 0.25) is 0 Å². The topological polar surface area (TPSA) is 150 Å². The Labute approximate surface area is 214 Å². The number of nitrogens with zero attached hydrogens (tertiary/aromatic N) is 4. The van der Waals surface area contributed by atoms with E-state index in [2.05, 4.69) is 31.0 Å². The number of aryl methyl sites for hydroxylation is 1. The zero-order valence-corrected chi connectivity index (χ0v) is 20.8. The predicted octanol–water partition coefficient (Wildman–Crippen LogP) is 1.23. The van der Waals surface area contributed by atoms with E-state index in [9.17, 15) is 19.2 Å². The highest BCUT2D eigenvalue weighted by Gasteiger charge is 2.44. The van der Waals surface area contributed by atoms with Gasteiger partial charge in [0.2, 0.25) is 23.6 Å². The van der Waals surface area contributed by atoms with Crippen LogP contribution in [0.1, 0.15) is 55.8 Å². The first-order chi connectivity index (χ1) is 17.9. The number of hydrogen-bond donors (Lipinski definition) is 3. The molecule has 194 valence electrons. The monoisotopic (exact) mass is 505 g/mol. The lowest BCUT2D eigenvalue weighted by molar-refractivity contribution is -0.130. The minimum absolute atomic E-state index is 0.0922. The molecule has 2 unspecified atom stereocenters. The molecule has 3 N–H and O–H groups in total. The zero-order valence-electron chi connectivity index (χ0n) is 20.8. The number of rotatable bonds is 7. The number of hydrogen-bond acceptors (Lipinski definition) is 6. The van der Waals surface area contributed by atoms with Crippen molar-refractivity contribution in [2.45, 2.75) is 70.5 Å². The van der Waals surface area contributed by atoms with E-state index in [1.54, 1.807) is 4.90 Å². The van der Waals surface area contributed by atoms with Crippen LogP contribution in [0, 0.1) is 11.8 Å². The van der Waals surface area contributed by atoms with Crippen molar-refractivity contribution in [3.05, 3.63) is 41.2 Å². The van der Waals surface area contributed by atoms with Crippen LogP contribution in [0.3, 0.4) is 0 Å². The molecule has 1 aliphatic carbocycles. The van der Waals surface area contributed by atoms with E-state index in [0.717, 1.165) is 42.5 Å². The van der Waals surface area contributed by atoms with E-state index in [-0.39, 0.29) is 36.1 Å². The van der Waals surface area contributed by atoms with Gasteiger partial charge in [-0.25, -0.2) is 4.99 Å². The summed E-state index contributed by atoms with van der Waals surface area (Å²) in [6.45, 7) is 1.54. The largest absolute Gasteiger partial charge is 0.348 e. The maximum atomic E-state index is 13.9. The SMILES string of the molecule is CC(=O)N=CC(C(=O)N[C@H]1CCc2cccc3c2N(C1=O)C(C(=O)NCc1cn[nH]n1)C3)C1CCCC1. The average Bonchev–Trinajstić information content (AvgIpc) is 3.64. The Morgan fingerprint density at radius 3 is 2.73 bits per heavy atom. The number of benzene rings is 1. The lowest BCUT2D eigenvalue weighted by Crippen LogP contribution is -2.55. The summed E-state index contributed by atoms with van der Waals surface area (Å²) in [4.78, 5) is 57.5. The van der Waals surface area contributed by atoms with E-state index in [1.807, 2.05) is 18.2 Å². The highest BCUT2D eigenvalue weighted by atomic mass is 16.2. The number of carbonyl (C=O) groups is 4. The smallest absolute Gasteiger partial charge is 0.250 e. The quantitative estimate of drug-likeness (QED) is 0.482. The molecule has 1 aromatic carbocycles. The molecule has 2 aromatic rings. The zero-order chi connectivity index (χ0) is 25.9. The minimum Gasteiger partial charge on any atom is -0.348 e. The maximum Gasteiger partial charge on any atom is 0.250 e. The first kappa shape index (κ1) is 24.8. The van der Waals surface area contributed by atoms with Crippen LogP contribution < -0.4 is 15.5 Å². The molecular formula is C26H31N7O4. The number of amides is 4. The first-order valence-electron chi connectivity index (χ1n) is 12.8. The summed E-state index contributed by atoms with van der Waals surface area (Å²) in [5.74, 6) is -1.72. The molecule has 3 aliphatic rings. The van der Waals surface area contributed by atoms with Crippen molar-refractivity contribution in [2.75, 3.05) is 4.90 Å². The molecule has 11 heteroatoms. The van der Waals surface area contributed by atoms with Gasteiger partial charge in [0.1, 0.15) is 17.8 Å². The molecule has 4 amide bonds. The third-order valence-corrected chi connectivity index (χ3v) is 7.56. The number of para-hydroxylation sites is 1. The lowest BCUT2D eigenvalue weighted by Gasteiger charge is -2.29. The Balaban J connectivity index is 1.37. The van der Waals surface area contributed by atoms with E-state index in [0.29, 0.717) is 25.0 Å². The van der Waals surface area contributed by atoms with E-state index in [1.165, 1.54) is 19.3 Å². The second kappa shape index (κ2) is 10.6. The molecule has 11 nitrogen and oxygen atoms in total. The van der Waals surface area contributed by atoms with Crippen molar-refractivity contribution in [3.63, 3.8) is 0 Å². The maximum absolute atomic E-state index is 13.9. The molecule has 2 aliphatic heterocycles. The van der Waals surface area contributed by atoms with Crippen molar-refractivity contribution in [1.29, 1.82) is 0 Å². The Morgan fingerprint density at radius 1 is 1.22 bits per heavy atom. The van der Waals surface area contributed by atoms with Gasteiger partial charge in [-0.15, -0.1) is 0 Å². The third kappa shape index (κ3) is 5.16. The molecule has 0 bridgehead atoms. The minimum atomic E-state index is -0.786. The predicted molar refractivity (Wildman–Crippen MR) is 135 cm³/mol. The van der Waals surface area contributed by atoms with Gasteiger partial charge in [0, 0.05) is 19.6 Å². The Kier molecular flexibility index (Phi) is 7.11. The summed E-state index contributed by atoms with van der Waals surface area (Å²) < 4.78 is 0. The fraction of sp³-hybridized carbons (Fsp3) is 0.500. The molecule has 1 aromatic heterocycles. The average molecular weight is 506 g/mol. The second-order valence-corrected chi connectivity index (χ2v) is 10.00. The summed E-state index contributed by atoms with van der Waals surface area (Å²) in [7, 11) is 0. The fourth-order valence-electron chi connectivity index (χ4n) is 5.75. The van der Waals surface area contributed by atoms with Gasteiger partial charge in [-0.3, -0.25) is 24.1 Å². The van der Waals surface area contributed by atoms with Crippen molar-refractivity contribution in [3.8, 4) is 0 Å². The number of aromatic nitrogens is 3. The van der Waals surface area contributed by atoms with E-state index >= 15 is 0 Å². The number of aliphatic imine (C=N–C) groups is 1. The normalized spacial score (nSPS) is 22.1. The van der Waals surface area contributed by atoms with Gasteiger partial charge in [0.05, 0.1) is 24.3 Å². The molecule has 3 atom stereocenters. The molecule has 3 heterocycles. The summed E-state index contributed by atoms with van der Waals surface area (Å²) >= 11 is 0. The molecule has 37 heavy (non-hydrogen) atoms. The highest BCUT2D eigenvalue weighted by molar-refractivity contribution is 6.08. The summed E-state index contributed by atoms with van der Waals surface area (Å²) in [6.07, 6.45) is 8.22. The number of carbonyl (C=O) groups excluding carboxylic acids is 4.